The summed E-state index contributed by atoms with van der Waals surface area (Å²) in [6.07, 6.45) is 4.46. The van der Waals surface area contributed by atoms with Crippen LogP contribution >= 0.6 is 0 Å². The maximum Gasteiger partial charge on any atom is 0.168 e. The number of halogens is 2. The standard InChI is InChI=1S/C14H17F2N5/c1-2-3-18-13-10(15)8-11(16)14(19-13)21-7-6-20-5-4-17-12(20)9-21/h4-5,8H,2-3,6-7,9H2,1H3,(H,18,19). The lowest BCUT2D eigenvalue weighted by atomic mass is 10.3. The van der Waals surface area contributed by atoms with Crippen molar-refractivity contribution < 1.29 is 8.78 Å². The van der Waals surface area contributed by atoms with Gasteiger partial charge in [-0.25, -0.2) is 18.7 Å². The van der Waals surface area contributed by atoms with Crippen LogP contribution in [0.25, 0.3) is 0 Å². The minimum absolute atomic E-state index is 0.0992. The van der Waals surface area contributed by atoms with Crippen molar-refractivity contribution in [3.8, 4) is 0 Å². The number of nitrogens with zero attached hydrogens (tertiary/aromatic N) is 4. The number of anilines is 2. The molecule has 1 aliphatic heterocycles. The van der Waals surface area contributed by atoms with E-state index in [4.69, 9.17) is 0 Å². The van der Waals surface area contributed by atoms with Crippen LogP contribution in [0.3, 0.4) is 0 Å². The monoisotopic (exact) mass is 293 g/mol. The molecule has 2 aromatic heterocycles. The van der Waals surface area contributed by atoms with E-state index in [0.717, 1.165) is 18.3 Å². The van der Waals surface area contributed by atoms with E-state index in [1.165, 1.54) is 0 Å². The number of imidazole rings is 1. The fourth-order valence-corrected chi connectivity index (χ4v) is 2.40. The first-order valence-corrected chi connectivity index (χ1v) is 7.04. The van der Waals surface area contributed by atoms with E-state index in [-0.39, 0.29) is 11.6 Å². The Hall–Kier alpha value is -2.18. The van der Waals surface area contributed by atoms with Crippen LogP contribution in [0.5, 0.6) is 0 Å². The molecule has 0 saturated carbocycles. The zero-order valence-corrected chi connectivity index (χ0v) is 11.8. The molecule has 7 heteroatoms. The Balaban J connectivity index is 1.88. The average Bonchev–Trinajstić information content (AvgIpc) is 2.94. The summed E-state index contributed by atoms with van der Waals surface area (Å²) in [5.41, 5.74) is 0. The molecule has 2 aromatic rings. The molecule has 0 spiro atoms. The fraction of sp³-hybridized carbons (Fsp3) is 0.429. The number of pyridine rings is 1. The SMILES string of the molecule is CCCNc1nc(N2CCn3ccnc3C2)c(F)cc1F. The summed E-state index contributed by atoms with van der Waals surface area (Å²) in [5, 5.41) is 2.88. The lowest BCUT2D eigenvalue weighted by Crippen LogP contribution is -2.35. The number of fused-ring (bicyclic) bond motifs is 1. The molecule has 3 rings (SSSR count). The first-order valence-electron chi connectivity index (χ1n) is 7.04. The van der Waals surface area contributed by atoms with Crippen molar-refractivity contribution in [3.63, 3.8) is 0 Å². The Labute approximate surface area is 121 Å². The highest BCUT2D eigenvalue weighted by Crippen LogP contribution is 2.25. The summed E-state index contributed by atoms with van der Waals surface area (Å²) < 4.78 is 29.8. The van der Waals surface area contributed by atoms with Crippen LogP contribution in [-0.2, 0) is 13.1 Å². The molecule has 1 aliphatic rings. The van der Waals surface area contributed by atoms with E-state index in [9.17, 15) is 8.78 Å². The molecule has 0 bridgehead atoms. The topological polar surface area (TPSA) is 46.0 Å². The molecule has 21 heavy (non-hydrogen) atoms. The van der Waals surface area contributed by atoms with Gasteiger partial charge < -0.3 is 14.8 Å². The molecule has 0 atom stereocenters. The van der Waals surface area contributed by atoms with E-state index < -0.39 is 11.6 Å². The molecule has 112 valence electrons. The molecule has 1 N–H and O–H groups in total. The van der Waals surface area contributed by atoms with Crippen molar-refractivity contribution in [3.05, 3.63) is 35.9 Å². The molecule has 0 unspecified atom stereocenters. The van der Waals surface area contributed by atoms with Gasteiger partial charge in [0.05, 0.1) is 6.54 Å². The summed E-state index contributed by atoms with van der Waals surface area (Å²) in [6, 6.07) is 0.890. The maximum absolute atomic E-state index is 14.0. The van der Waals surface area contributed by atoms with Gasteiger partial charge in [-0.3, -0.25) is 0 Å². The minimum atomic E-state index is -0.664. The first kappa shape index (κ1) is 13.8. The minimum Gasteiger partial charge on any atom is -0.368 e. The van der Waals surface area contributed by atoms with Crippen molar-refractivity contribution in [1.29, 1.82) is 0 Å². The predicted octanol–water partition coefficient (Wildman–Crippen LogP) is 2.40. The molecule has 0 saturated heterocycles. The summed E-state index contributed by atoms with van der Waals surface area (Å²) in [7, 11) is 0. The molecule has 0 aliphatic carbocycles. The lowest BCUT2D eigenvalue weighted by Gasteiger charge is -2.29. The van der Waals surface area contributed by atoms with E-state index in [0.29, 0.717) is 26.2 Å². The van der Waals surface area contributed by atoms with Gasteiger partial charge in [0.1, 0.15) is 5.82 Å². The van der Waals surface area contributed by atoms with E-state index >= 15 is 0 Å². The van der Waals surface area contributed by atoms with Gasteiger partial charge in [0, 0.05) is 38.1 Å². The van der Waals surface area contributed by atoms with E-state index in [1.54, 1.807) is 11.1 Å². The Morgan fingerprint density at radius 2 is 2.14 bits per heavy atom. The molecular weight excluding hydrogens is 276 g/mol. The van der Waals surface area contributed by atoms with Crippen molar-refractivity contribution >= 4 is 11.6 Å². The number of hydrogen-bond donors (Lipinski definition) is 1. The highest BCUT2D eigenvalue weighted by molar-refractivity contribution is 5.49. The molecule has 3 heterocycles. The van der Waals surface area contributed by atoms with Crippen molar-refractivity contribution in [2.45, 2.75) is 26.4 Å². The lowest BCUT2D eigenvalue weighted by molar-refractivity contribution is 0.529. The van der Waals surface area contributed by atoms with Crippen LogP contribution in [-0.4, -0.2) is 27.6 Å². The third-order valence-electron chi connectivity index (χ3n) is 3.50. The normalized spacial score (nSPS) is 14.1. The summed E-state index contributed by atoms with van der Waals surface area (Å²) in [5.74, 6) is -0.181. The average molecular weight is 293 g/mol. The quantitative estimate of drug-likeness (QED) is 0.940. The van der Waals surface area contributed by atoms with Gasteiger partial charge >= 0.3 is 0 Å². The van der Waals surface area contributed by atoms with Crippen LogP contribution in [0.2, 0.25) is 0 Å². The predicted molar refractivity (Wildman–Crippen MR) is 76.2 cm³/mol. The van der Waals surface area contributed by atoms with Crippen LogP contribution < -0.4 is 10.2 Å². The van der Waals surface area contributed by atoms with Crippen LogP contribution in [0.15, 0.2) is 18.5 Å². The van der Waals surface area contributed by atoms with Gasteiger partial charge in [0.2, 0.25) is 0 Å². The third-order valence-corrected chi connectivity index (χ3v) is 3.50. The number of aromatic nitrogens is 3. The molecule has 0 radical (unpaired) electrons. The van der Waals surface area contributed by atoms with Gasteiger partial charge in [-0.05, 0) is 6.42 Å². The summed E-state index contributed by atoms with van der Waals surface area (Å²) in [4.78, 5) is 10.1. The molecular formula is C14H17F2N5. The van der Waals surface area contributed by atoms with Gasteiger partial charge in [-0.15, -0.1) is 0 Å². The zero-order valence-electron chi connectivity index (χ0n) is 11.8. The second-order valence-electron chi connectivity index (χ2n) is 5.01. The Kier molecular flexibility index (Phi) is 3.72. The van der Waals surface area contributed by atoms with Gasteiger partial charge in [-0.2, -0.15) is 0 Å². The molecule has 0 aromatic carbocycles. The number of nitrogens with one attached hydrogen (secondary N) is 1. The second kappa shape index (κ2) is 5.67. The van der Waals surface area contributed by atoms with Crippen LogP contribution in [0, 0.1) is 11.6 Å². The molecule has 0 fully saturated rings. The summed E-state index contributed by atoms with van der Waals surface area (Å²) in [6.45, 7) is 4.37. The second-order valence-corrected chi connectivity index (χ2v) is 5.01. The highest BCUT2D eigenvalue weighted by atomic mass is 19.1. The van der Waals surface area contributed by atoms with Crippen molar-refractivity contribution in [2.75, 3.05) is 23.3 Å². The fourth-order valence-electron chi connectivity index (χ4n) is 2.40. The molecule has 5 nitrogen and oxygen atoms in total. The van der Waals surface area contributed by atoms with Gasteiger partial charge in [0.15, 0.2) is 23.3 Å². The smallest absolute Gasteiger partial charge is 0.168 e. The molecule has 0 amide bonds. The Bertz CT molecular complexity index is 640. The van der Waals surface area contributed by atoms with Crippen LogP contribution in [0.1, 0.15) is 19.2 Å². The van der Waals surface area contributed by atoms with Crippen molar-refractivity contribution in [1.82, 2.24) is 14.5 Å². The highest BCUT2D eigenvalue weighted by Gasteiger charge is 2.22. The third kappa shape index (κ3) is 2.68. The van der Waals surface area contributed by atoms with Crippen molar-refractivity contribution in [2.24, 2.45) is 0 Å². The number of hydrogen-bond acceptors (Lipinski definition) is 4. The first-order chi connectivity index (χ1) is 10.2. The Morgan fingerprint density at radius 3 is 2.95 bits per heavy atom. The summed E-state index contributed by atoms with van der Waals surface area (Å²) >= 11 is 0. The van der Waals surface area contributed by atoms with E-state index in [2.05, 4.69) is 15.3 Å². The van der Waals surface area contributed by atoms with Crippen LogP contribution in [0.4, 0.5) is 20.4 Å². The number of rotatable bonds is 4. The Morgan fingerprint density at radius 1 is 1.29 bits per heavy atom. The zero-order chi connectivity index (χ0) is 14.8. The maximum atomic E-state index is 14.0. The van der Waals surface area contributed by atoms with Gasteiger partial charge in [0.25, 0.3) is 0 Å². The largest absolute Gasteiger partial charge is 0.368 e. The van der Waals surface area contributed by atoms with Gasteiger partial charge in [-0.1, -0.05) is 6.92 Å². The van der Waals surface area contributed by atoms with E-state index in [1.807, 2.05) is 17.7 Å².